The number of esters is 1. The first-order valence-electron chi connectivity index (χ1n) is 10.4. The SMILES string of the molecule is CCOC(=O)[C@@]1(CC=Cc2ccc(OC)cc2)CCCN(C(=O)c2ccccc2)C1=O. The second kappa shape index (κ2) is 10.1. The fourth-order valence-corrected chi connectivity index (χ4v) is 3.78. The first-order valence-corrected chi connectivity index (χ1v) is 10.4. The average Bonchev–Trinajstić information content (AvgIpc) is 2.81. The zero-order chi connectivity index (χ0) is 22.3. The summed E-state index contributed by atoms with van der Waals surface area (Å²) >= 11 is 0. The third-order valence-corrected chi connectivity index (χ3v) is 5.46. The first kappa shape index (κ1) is 22.3. The summed E-state index contributed by atoms with van der Waals surface area (Å²) in [4.78, 5) is 40.5. The fourth-order valence-electron chi connectivity index (χ4n) is 3.78. The second-order valence-corrected chi connectivity index (χ2v) is 7.41. The van der Waals surface area contributed by atoms with Gasteiger partial charge in [0, 0.05) is 12.1 Å². The van der Waals surface area contributed by atoms with Crippen molar-refractivity contribution in [1.82, 2.24) is 4.90 Å². The lowest BCUT2D eigenvalue weighted by Gasteiger charge is -2.38. The molecule has 3 rings (SSSR count). The Labute approximate surface area is 182 Å². The van der Waals surface area contributed by atoms with E-state index in [4.69, 9.17) is 9.47 Å². The van der Waals surface area contributed by atoms with E-state index in [2.05, 4.69) is 0 Å². The fraction of sp³-hybridized carbons (Fsp3) is 0.320. The van der Waals surface area contributed by atoms with Crippen molar-refractivity contribution >= 4 is 23.9 Å². The van der Waals surface area contributed by atoms with Crippen LogP contribution in [0.2, 0.25) is 0 Å². The van der Waals surface area contributed by atoms with Crippen molar-refractivity contribution in [2.75, 3.05) is 20.3 Å². The Morgan fingerprint density at radius 3 is 2.45 bits per heavy atom. The summed E-state index contributed by atoms with van der Waals surface area (Å²) in [5.74, 6) is -0.717. The standard InChI is InChI=1S/C25H27NO5/c1-3-31-24(29)25(16-7-9-19-12-14-21(30-2)15-13-19)17-8-18-26(23(25)28)22(27)20-10-5-4-6-11-20/h4-7,9-15H,3,8,16-18H2,1-2H3/t25-/m0/s1. The Kier molecular flexibility index (Phi) is 7.23. The summed E-state index contributed by atoms with van der Waals surface area (Å²) in [5.41, 5.74) is -0.0636. The molecule has 1 aliphatic rings. The van der Waals surface area contributed by atoms with Crippen molar-refractivity contribution in [3.8, 4) is 5.75 Å². The summed E-state index contributed by atoms with van der Waals surface area (Å²) < 4.78 is 10.4. The number of rotatable bonds is 7. The van der Waals surface area contributed by atoms with Crippen LogP contribution in [0.1, 0.15) is 42.1 Å². The zero-order valence-electron chi connectivity index (χ0n) is 17.9. The summed E-state index contributed by atoms with van der Waals surface area (Å²) in [6.45, 7) is 2.16. The molecule has 1 atom stereocenters. The number of hydrogen-bond donors (Lipinski definition) is 0. The minimum Gasteiger partial charge on any atom is -0.497 e. The molecule has 1 fully saturated rings. The van der Waals surface area contributed by atoms with Crippen LogP contribution in [0.25, 0.3) is 6.08 Å². The molecule has 2 aromatic carbocycles. The molecule has 0 saturated carbocycles. The van der Waals surface area contributed by atoms with Gasteiger partial charge in [-0.1, -0.05) is 42.5 Å². The van der Waals surface area contributed by atoms with Crippen LogP contribution in [-0.2, 0) is 14.3 Å². The number of amides is 2. The van der Waals surface area contributed by atoms with Crippen LogP contribution in [0, 0.1) is 5.41 Å². The van der Waals surface area contributed by atoms with E-state index in [-0.39, 0.29) is 19.6 Å². The van der Waals surface area contributed by atoms with Crippen molar-refractivity contribution in [2.24, 2.45) is 5.41 Å². The van der Waals surface area contributed by atoms with Gasteiger partial charge < -0.3 is 9.47 Å². The number of imide groups is 1. The van der Waals surface area contributed by atoms with E-state index in [1.165, 1.54) is 4.90 Å². The highest BCUT2D eigenvalue weighted by Crippen LogP contribution is 2.37. The van der Waals surface area contributed by atoms with Gasteiger partial charge in [0.1, 0.15) is 5.75 Å². The van der Waals surface area contributed by atoms with Gasteiger partial charge in [-0.3, -0.25) is 19.3 Å². The predicted molar refractivity (Wildman–Crippen MR) is 117 cm³/mol. The third-order valence-electron chi connectivity index (χ3n) is 5.46. The highest BCUT2D eigenvalue weighted by atomic mass is 16.5. The highest BCUT2D eigenvalue weighted by molar-refractivity contribution is 6.13. The highest BCUT2D eigenvalue weighted by Gasteiger charge is 2.52. The lowest BCUT2D eigenvalue weighted by molar-refractivity contribution is -0.166. The number of carbonyl (C=O) groups is 3. The Bertz CT molecular complexity index is 952. The molecule has 0 aliphatic carbocycles. The number of likely N-dealkylation sites (tertiary alicyclic amines) is 1. The van der Waals surface area contributed by atoms with Crippen LogP contribution in [0.3, 0.4) is 0 Å². The number of ether oxygens (including phenoxy) is 2. The first-order chi connectivity index (χ1) is 15.0. The number of hydrogen-bond acceptors (Lipinski definition) is 5. The maximum absolute atomic E-state index is 13.5. The Morgan fingerprint density at radius 2 is 1.81 bits per heavy atom. The summed E-state index contributed by atoms with van der Waals surface area (Å²) in [7, 11) is 1.60. The normalized spacial score (nSPS) is 18.8. The summed E-state index contributed by atoms with van der Waals surface area (Å²) in [6.07, 6.45) is 4.70. The summed E-state index contributed by atoms with van der Waals surface area (Å²) in [6, 6.07) is 16.1. The predicted octanol–water partition coefficient (Wildman–Crippen LogP) is 4.11. The molecular weight excluding hydrogens is 394 g/mol. The van der Waals surface area contributed by atoms with Crippen LogP contribution in [0.5, 0.6) is 5.75 Å². The second-order valence-electron chi connectivity index (χ2n) is 7.41. The molecule has 0 spiro atoms. The van der Waals surface area contributed by atoms with Gasteiger partial charge in [0.25, 0.3) is 5.91 Å². The van der Waals surface area contributed by atoms with Gasteiger partial charge in [0.15, 0.2) is 5.41 Å². The molecule has 0 bridgehead atoms. The van der Waals surface area contributed by atoms with E-state index in [0.717, 1.165) is 11.3 Å². The number of allylic oxidation sites excluding steroid dienone is 1. The molecule has 0 N–H and O–H groups in total. The van der Waals surface area contributed by atoms with Crippen molar-refractivity contribution in [2.45, 2.75) is 26.2 Å². The van der Waals surface area contributed by atoms with Gasteiger partial charge >= 0.3 is 5.97 Å². The molecule has 2 amide bonds. The number of carbonyl (C=O) groups excluding carboxylic acids is 3. The quantitative estimate of drug-likeness (QED) is 0.382. The van der Waals surface area contributed by atoms with Gasteiger partial charge in [0.2, 0.25) is 5.91 Å². The monoisotopic (exact) mass is 421 g/mol. The van der Waals surface area contributed by atoms with Gasteiger partial charge in [-0.2, -0.15) is 0 Å². The van der Waals surface area contributed by atoms with E-state index in [9.17, 15) is 14.4 Å². The smallest absolute Gasteiger partial charge is 0.321 e. The van der Waals surface area contributed by atoms with Crippen molar-refractivity contribution in [3.05, 3.63) is 71.8 Å². The molecule has 6 heteroatoms. The number of benzene rings is 2. The Balaban J connectivity index is 1.85. The largest absolute Gasteiger partial charge is 0.497 e. The molecule has 162 valence electrons. The van der Waals surface area contributed by atoms with E-state index in [0.29, 0.717) is 18.4 Å². The molecule has 1 heterocycles. The molecule has 1 saturated heterocycles. The molecular formula is C25H27NO5. The van der Waals surface area contributed by atoms with Crippen LogP contribution in [0.15, 0.2) is 60.7 Å². The number of methoxy groups -OCH3 is 1. The van der Waals surface area contributed by atoms with Crippen LogP contribution < -0.4 is 4.74 Å². The number of nitrogens with zero attached hydrogens (tertiary/aromatic N) is 1. The summed E-state index contributed by atoms with van der Waals surface area (Å²) in [5, 5.41) is 0. The minimum atomic E-state index is -1.40. The van der Waals surface area contributed by atoms with Crippen LogP contribution in [-0.4, -0.2) is 42.9 Å². The van der Waals surface area contributed by atoms with Gasteiger partial charge in [-0.15, -0.1) is 0 Å². The number of piperidine rings is 1. The van der Waals surface area contributed by atoms with E-state index >= 15 is 0 Å². The minimum absolute atomic E-state index is 0.162. The molecule has 0 radical (unpaired) electrons. The van der Waals surface area contributed by atoms with Crippen molar-refractivity contribution in [1.29, 1.82) is 0 Å². The topological polar surface area (TPSA) is 72.9 Å². The van der Waals surface area contributed by atoms with E-state index < -0.39 is 23.2 Å². The molecule has 6 nitrogen and oxygen atoms in total. The van der Waals surface area contributed by atoms with Gasteiger partial charge in [-0.05, 0) is 56.0 Å². The molecule has 0 aromatic heterocycles. The Hall–Kier alpha value is -3.41. The maximum Gasteiger partial charge on any atom is 0.321 e. The zero-order valence-corrected chi connectivity index (χ0v) is 17.9. The molecule has 0 unspecified atom stereocenters. The van der Waals surface area contributed by atoms with E-state index in [1.54, 1.807) is 44.4 Å². The molecule has 31 heavy (non-hydrogen) atoms. The molecule has 2 aromatic rings. The lowest BCUT2D eigenvalue weighted by Crippen LogP contribution is -2.55. The van der Waals surface area contributed by atoms with Crippen LogP contribution >= 0.6 is 0 Å². The van der Waals surface area contributed by atoms with Gasteiger partial charge in [-0.25, -0.2) is 0 Å². The average molecular weight is 421 g/mol. The molecule has 1 aliphatic heterocycles. The van der Waals surface area contributed by atoms with Crippen LogP contribution in [0.4, 0.5) is 0 Å². The van der Waals surface area contributed by atoms with Gasteiger partial charge in [0.05, 0.1) is 13.7 Å². The van der Waals surface area contributed by atoms with E-state index in [1.807, 2.05) is 36.4 Å². The lowest BCUT2D eigenvalue weighted by atomic mass is 9.75. The third kappa shape index (κ3) is 4.85. The van der Waals surface area contributed by atoms with Crippen molar-refractivity contribution < 1.29 is 23.9 Å². The Morgan fingerprint density at radius 1 is 1.10 bits per heavy atom. The maximum atomic E-state index is 13.5. The van der Waals surface area contributed by atoms with Crippen molar-refractivity contribution in [3.63, 3.8) is 0 Å².